The van der Waals surface area contributed by atoms with Crippen LogP contribution in [0.4, 0.5) is 0 Å². The Kier molecular flexibility index (Phi) is 12.1. The van der Waals surface area contributed by atoms with Gasteiger partial charge in [0.15, 0.2) is 5.11 Å². The van der Waals surface area contributed by atoms with Crippen molar-refractivity contribution in [1.29, 1.82) is 0 Å². The van der Waals surface area contributed by atoms with Crippen LogP contribution in [0, 0.1) is 0 Å². The Morgan fingerprint density at radius 3 is 2.26 bits per heavy atom. The summed E-state index contributed by atoms with van der Waals surface area (Å²) in [6.07, 6.45) is 5.31. The lowest BCUT2D eigenvalue weighted by Gasteiger charge is -2.12. The quantitative estimate of drug-likeness (QED) is 0.135. The van der Waals surface area contributed by atoms with Gasteiger partial charge in [0, 0.05) is 17.5 Å². The van der Waals surface area contributed by atoms with E-state index in [0.29, 0.717) is 40.3 Å². The van der Waals surface area contributed by atoms with Gasteiger partial charge in [0.2, 0.25) is 0 Å². The molecule has 0 aliphatic carbocycles. The number of hydrazine groups is 1. The topological polar surface area (TPSA) is 88.7 Å². The minimum atomic E-state index is -0.422. The van der Waals surface area contributed by atoms with Crippen molar-refractivity contribution in [3.63, 3.8) is 0 Å². The van der Waals surface area contributed by atoms with Gasteiger partial charge < -0.3 is 9.47 Å². The molecule has 0 saturated carbocycles. The number of benzene rings is 3. The molecule has 0 unspecified atom stereocenters. The van der Waals surface area contributed by atoms with Crippen LogP contribution >= 0.6 is 28.1 Å². The fraction of sp³-hybridized carbons (Fsp3) is 0.276. The van der Waals surface area contributed by atoms with Crippen molar-refractivity contribution < 1.29 is 19.1 Å². The van der Waals surface area contributed by atoms with E-state index in [0.717, 1.165) is 19.3 Å². The van der Waals surface area contributed by atoms with Crippen molar-refractivity contribution in [1.82, 2.24) is 16.2 Å². The third kappa shape index (κ3) is 9.79. The number of carbonyl (C=O) groups is 2. The number of halogens is 1. The lowest BCUT2D eigenvalue weighted by atomic mass is 10.2. The van der Waals surface area contributed by atoms with E-state index in [-0.39, 0.29) is 5.11 Å². The smallest absolute Gasteiger partial charge is 0.269 e. The van der Waals surface area contributed by atoms with Gasteiger partial charge in [-0.3, -0.25) is 25.8 Å². The van der Waals surface area contributed by atoms with Crippen LogP contribution in [0.15, 0.2) is 77.3 Å². The van der Waals surface area contributed by atoms with Crippen molar-refractivity contribution in [2.45, 2.75) is 39.0 Å². The second-order valence-corrected chi connectivity index (χ2v) is 9.79. The number of nitrogens with one attached hydrogen (secondary N) is 3. The summed E-state index contributed by atoms with van der Waals surface area (Å²) in [7, 11) is 0. The third-order valence-corrected chi connectivity index (χ3v) is 6.41. The minimum Gasteiger partial charge on any atom is -0.494 e. The number of carbonyl (C=O) groups excluding carboxylic acids is 2. The Hall–Kier alpha value is -3.43. The van der Waals surface area contributed by atoms with E-state index < -0.39 is 11.8 Å². The predicted molar refractivity (Wildman–Crippen MR) is 157 cm³/mol. The highest BCUT2D eigenvalue weighted by Crippen LogP contribution is 2.26. The van der Waals surface area contributed by atoms with Gasteiger partial charge >= 0.3 is 0 Å². The average Bonchev–Trinajstić information content (AvgIpc) is 2.93. The molecule has 0 aromatic heterocycles. The molecule has 3 aromatic carbocycles. The lowest BCUT2D eigenvalue weighted by molar-refractivity contribution is 0.0934. The van der Waals surface area contributed by atoms with Gasteiger partial charge in [-0.15, -0.1) is 0 Å². The van der Waals surface area contributed by atoms with Crippen LogP contribution in [0.3, 0.4) is 0 Å². The minimum absolute atomic E-state index is 0.0327. The summed E-state index contributed by atoms with van der Waals surface area (Å²) in [4.78, 5) is 25.0. The zero-order valence-corrected chi connectivity index (χ0v) is 23.7. The Morgan fingerprint density at radius 2 is 1.55 bits per heavy atom. The first kappa shape index (κ1) is 29.1. The predicted octanol–water partition coefficient (Wildman–Crippen LogP) is 5.98. The number of unbranched alkanes of at least 4 members (excludes halogenated alkanes) is 3. The number of ether oxygens (including phenoxy) is 2. The van der Waals surface area contributed by atoms with Gasteiger partial charge in [0.05, 0.1) is 17.7 Å². The Bertz CT molecular complexity index is 1210. The fourth-order valence-corrected chi connectivity index (χ4v) is 4.13. The molecule has 0 radical (unpaired) electrons. The normalized spacial score (nSPS) is 10.4. The van der Waals surface area contributed by atoms with E-state index in [1.807, 2.05) is 30.3 Å². The number of hydrogen-bond donors (Lipinski definition) is 3. The van der Waals surface area contributed by atoms with Gasteiger partial charge in [-0.1, -0.05) is 56.5 Å². The van der Waals surface area contributed by atoms with Crippen molar-refractivity contribution in [2.24, 2.45) is 0 Å². The lowest BCUT2D eigenvalue weighted by Crippen LogP contribution is -2.48. The highest BCUT2D eigenvalue weighted by atomic mass is 79.9. The second-order valence-electron chi connectivity index (χ2n) is 8.53. The Labute approximate surface area is 237 Å². The van der Waals surface area contributed by atoms with Gasteiger partial charge in [-0.2, -0.15) is 0 Å². The molecule has 0 aliphatic heterocycles. The Balaban J connectivity index is 1.40. The van der Waals surface area contributed by atoms with Crippen molar-refractivity contribution >= 4 is 45.1 Å². The SMILES string of the molecule is CCCCCCOc1ccc(C(=O)NNC(=S)NC(=O)c2ccc(OCCc3ccccc3)c(Br)c2)cc1. The van der Waals surface area contributed by atoms with Crippen LogP contribution in [-0.2, 0) is 6.42 Å². The van der Waals surface area contributed by atoms with E-state index in [1.165, 1.54) is 18.4 Å². The van der Waals surface area contributed by atoms with Gasteiger partial charge in [0.1, 0.15) is 11.5 Å². The maximum Gasteiger partial charge on any atom is 0.269 e. The maximum atomic E-state index is 12.6. The van der Waals surface area contributed by atoms with E-state index >= 15 is 0 Å². The summed E-state index contributed by atoms with van der Waals surface area (Å²) in [6, 6.07) is 21.9. The first-order valence-corrected chi connectivity index (χ1v) is 13.8. The first-order chi connectivity index (χ1) is 18.5. The van der Waals surface area contributed by atoms with Gasteiger partial charge in [0.25, 0.3) is 11.8 Å². The molecular formula is C29H32BrN3O4S. The van der Waals surface area contributed by atoms with Crippen LogP contribution in [-0.4, -0.2) is 30.1 Å². The van der Waals surface area contributed by atoms with E-state index in [9.17, 15) is 9.59 Å². The van der Waals surface area contributed by atoms with Crippen LogP contribution < -0.4 is 25.6 Å². The average molecular weight is 599 g/mol. The summed E-state index contributed by atoms with van der Waals surface area (Å²) >= 11 is 8.60. The monoisotopic (exact) mass is 597 g/mol. The second kappa shape index (κ2) is 15.7. The fourth-order valence-electron chi connectivity index (χ4n) is 3.50. The molecule has 3 N–H and O–H groups in total. The molecule has 7 nitrogen and oxygen atoms in total. The Morgan fingerprint density at radius 1 is 0.816 bits per heavy atom. The molecule has 0 saturated heterocycles. The molecule has 3 rings (SSSR count). The molecule has 0 aliphatic rings. The largest absolute Gasteiger partial charge is 0.494 e. The number of thiocarbonyl (C=S) groups is 1. The van der Waals surface area contributed by atoms with Crippen LogP contribution in [0.5, 0.6) is 11.5 Å². The van der Waals surface area contributed by atoms with Gasteiger partial charge in [-0.05, 0) is 82.6 Å². The summed E-state index contributed by atoms with van der Waals surface area (Å²) in [5, 5.41) is 2.51. The number of amides is 2. The molecule has 2 amide bonds. The van der Waals surface area contributed by atoms with Crippen molar-refractivity contribution in [3.8, 4) is 11.5 Å². The first-order valence-electron chi connectivity index (χ1n) is 12.6. The molecule has 200 valence electrons. The molecule has 0 atom stereocenters. The highest BCUT2D eigenvalue weighted by molar-refractivity contribution is 9.10. The zero-order chi connectivity index (χ0) is 27.2. The van der Waals surface area contributed by atoms with Crippen molar-refractivity contribution in [3.05, 3.63) is 94.0 Å². The molecule has 3 aromatic rings. The molecular weight excluding hydrogens is 566 g/mol. The molecule has 9 heteroatoms. The number of hydrogen-bond acceptors (Lipinski definition) is 5. The third-order valence-electron chi connectivity index (χ3n) is 5.58. The molecule has 38 heavy (non-hydrogen) atoms. The zero-order valence-electron chi connectivity index (χ0n) is 21.3. The maximum absolute atomic E-state index is 12.6. The summed E-state index contributed by atoms with van der Waals surface area (Å²) in [5.41, 5.74) is 7.03. The van der Waals surface area contributed by atoms with Crippen LogP contribution in [0.25, 0.3) is 0 Å². The van der Waals surface area contributed by atoms with Crippen molar-refractivity contribution in [2.75, 3.05) is 13.2 Å². The molecule has 0 spiro atoms. The summed E-state index contributed by atoms with van der Waals surface area (Å²) < 4.78 is 12.2. The summed E-state index contributed by atoms with van der Waals surface area (Å²) in [5.74, 6) is 0.537. The van der Waals surface area contributed by atoms with E-state index in [2.05, 4.69) is 39.0 Å². The standard InChI is InChI=1S/C29H32BrN3O4S/c1-2-3-4-8-18-36-24-14-11-22(12-15-24)28(35)32-33-29(38)31-27(34)23-13-16-26(25(30)20-23)37-19-17-21-9-6-5-7-10-21/h5-7,9-16,20H,2-4,8,17-19H2,1H3,(H,32,35)(H2,31,33,34,38). The molecule has 0 heterocycles. The van der Waals surface area contributed by atoms with Gasteiger partial charge in [-0.25, -0.2) is 0 Å². The van der Waals surface area contributed by atoms with Crippen LogP contribution in [0.2, 0.25) is 0 Å². The van der Waals surface area contributed by atoms with Crippen LogP contribution in [0.1, 0.15) is 58.9 Å². The van der Waals surface area contributed by atoms with E-state index in [4.69, 9.17) is 21.7 Å². The molecule has 0 fully saturated rings. The number of rotatable bonds is 12. The van der Waals surface area contributed by atoms with E-state index in [1.54, 1.807) is 42.5 Å². The highest BCUT2D eigenvalue weighted by Gasteiger charge is 2.12. The summed E-state index contributed by atoms with van der Waals surface area (Å²) in [6.45, 7) is 3.33. The molecule has 0 bridgehead atoms.